The molecule has 16 heavy (non-hydrogen) atoms. The fourth-order valence-electron chi connectivity index (χ4n) is 1.36. The highest BCUT2D eigenvalue weighted by atomic mass is 16.3. The molecular formula is C12H18N2O2. The molecule has 3 N–H and O–H groups in total. The van der Waals surface area contributed by atoms with E-state index in [1.807, 2.05) is 6.92 Å². The molecule has 0 bridgehead atoms. The van der Waals surface area contributed by atoms with Crippen molar-refractivity contribution in [1.29, 1.82) is 0 Å². The Morgan fingerprint density at radius 1 is 1.62 bits per heavy atom. The van der Waals surface area contributed by atoms with Crippen molar-refractivity contribution in [3.05, 3.63) is 35.7 Å². The summed E-state index contributed by atoms with van der Waals surface area (Å²) in [5.74, 6) is 0.148. The lowest BCUT2D eigenvalue weighted by molar-refractivity contribution is 0.278. The van der Waals surface area contributed by atoms with Crippen LogP contribution in [0.15, 0.2) is 18.9 Å². The van der Waals surface area contributed by atoms with E-state index in [-0.39, 0.29) is 18.4 Å². The van der Waals surface area contributed by atoms with E-state index in [9.17, 15) is 5.11 Å². The van der Waals surface area contributed by atoms with Gasteiger partial charge in [-0.1, -0.05) is 6.08 Å². The second-order valence-electron chi connectivity index (χ2n) is 3.76. The first-order valence-corrected chi connectivity index (χ1v) is 5.23. The zero-order chi connectivity index (χ0) is 12.1. The van der Waals surface area contributed by atoms with Crippen LogP contribution >= 0.6 is 0 Å². The summed E-state index contributed by atoms with van der Waals surface area (Å²) in [6, 6.07) is 0.152. The van der Waals surface area contributed by atoms with Gasteiger partial charge in [0.15, 0.2) is 0 Å². The minimum atomic E-state index is -0.125. The van der Waals surface area contributed by atoms with Crippen molar-refractivity contribution < 1.29 is 10.2 Å². The Morgan fingerprint density at radius 3 is 2.88 bits per heavy atom. The van der Waals surface area contributed by atoms with Crippen molar-refractivity contribution in [3.63, 3.8) is 0 Å². The average Bonchev–Trinajstić information content (AvgIpc) is 2.30. The molecule has 0 saturated heterocycles. The molecule has 0 radical (unpaired) electrons. The molecule has 1 aromatic heterocycles. The largest absolute Gasteiger partial charge is 0.506 e. The first kappa shape index (κ1) is 12.7. The molecule has 0 spiro atoms. The van der Waals surface area contributed by atoms with E-state index in [4.69, 9.17) is 5.11 Å². The highest BCUT2D eigenvalue weighted by Crippen LogP contribution is 2.23. The van der Waals surface area contributed by atoms with E-state index in [0.29, 0.717) is 23.4 Å². The summed E-state index contributed by atoms with van der Waals surface area (Å²) in [5.41, 5.74) is 1.91. The predicted molar refractivity (Wildman–Crippen MR) is 63.1 cm³/mol. The quantitative estimate of drug-likeness (QED) is 0.656. The number of aryl methyl sites for hydroxylation is 1. The van der Waals surface area contributed by atoms with Crippen molar-refractivity contribution in [1.82, 2.24) is 10.3 Å². The predicted octanol–water partition coefficient (Wildman–Crippen LogP) is 1.25. The number of pyridine rings is 1. The third-order valence-corrected chi connectivity index (χ3v) is 2.55. The van der Waals surface area contributed by atoms with Gasteiger partial charge in [-0.2, -0.15) is 0 Å². The molecule has 0 fully saturated rings. The summed E-state index contributed by atoms with van der Waals surface area (Å²) in [5, 5.41) is 22.2. The molecule has 88 valence electrons. The number of aromatic nitrogens is 1. The number of hydrogen-bond donors (Lipinski definition) is 3. The Morgan fingerprint density at radius 2 is 2.31 bits per heavy atom. The van der Waals surface area contributed by atoms with Crippen LogP contribution in [-0.4, -0.2) is 21.2 Å². The van der Waals surface area contributed by atoms with E-state index < -0.39 is 0 Å². The summed E-state index contributed by atoms with van der Waals surface area (Å²) in [4.78, 5) is 4.00. The Bertz CT molecular complexity index is 378. The van der Waals surface area contributed by atoms with Crippen LogP contribution in [0.25, 0.3) is 0 Å². The lowest BCUT2D eigenvalue weighted by Gasteiger charge is -2.14. The molecule has 4 nitrogen and oxygen atoms in total. The van der Waals surface area contributed by atoms with Crippen LogP contribution in [0.3, 0.4) is 0 Å². The normalized spacial score (nSPS) is 12.4. The molecule has 1 atom stereocenters. The van der Waals surface area contributed by atoms with Crippen molar-refractivity contribution in [2.45, 2.75) is 33.0 Å². The number of rotatable bonds is 5. The topological polar surface area (TPSA) is 65.4 Å². The van der Waals surface area contributed by atoms with Crippen molar-refractivity contribution in [3.8, 4) is 5.75 Å². The highest BCUT2D eigenvalue weighted by Gasteiger charge is 2.11. The number of aliphatic hydroxyl groups excluding tert-OH is 1. The van der Waals surface area contributed by atoms with Gasteiger partial charge in [-0.15, -0.1) is 6.58 Å². The monoisotopic (exact) mass is 222 g/mol. The molecule has 0 aliphatic carbocycles. The average molecular weight is 222 g/mol. The minimum absolute atomic E-state index is 0.125. The maximum absolute atomic E-state index is 9.86. The van der Waals surface area contributed by atoms with Crippen LogP contribution in [0.4, 0.5) is 0 Å². The molecule has 1 unspecified atom stereocenters. The molecule has 0 aliphatic heterocycles. The van der Waals surface area contributed by atoms with Gasteiger partial charge in [-0.3, -0.25) is 4.98 Å². The SMILES string of the molecule is C=CC(C)NCc1c(CO)cnc(C)c1O. The fourth-order valence-corrected chi connectivity index (χ4v) is 1.36. The summed E-state index contributed by atoms with van der Waals surface area (Å²) in [6.07, 6.45) is 3.37. The van der Waals surface area contributed by atoms with Gasteiger partial charge in [0.05, 0.1) is 12.3 Å². The first-order chi connectivity index (χ1) is 7.60. The van der Waals surface area contributed by atoms with E-state index in [1.54, 1.807) is 19.2 Å². The molecule has 0 amide bonds. The minimum Gasteiger partial charge on any atom is -0.506 e. The van der Waals surface area contributed by atoms with Crippen LogP contribution in [0.2, 0.25) is 0 Å². The third-order valence-electron chi connectivity index (χ3n) is 2.55. The number of nitrogens with one attached hydrogen (secondary N) is 1. The van der Waals surface area contributed by atoms with Gasteiger partial charge >= 0.3 is 0 Å². The van der Waals surface area contributed by atoms with Gasteiger partial charge in [-0.05, 0) is 13.8 Å². The van der Waals surface area contributed by atoms with Gasteiger partial charge < -0.3 is 15.5 Å². The fraction of sp³-hybridized carbons (Fsp3) is 0.417. The molecule has 1 rings (SSSR count). The molecule has 1 aromatic rings. The standard InChI is InChI=1S/C12H18N2O2/c1-4-8(2)13-6-11-10(7-15)5-14-9(3)12(11)16/h4-5,8,13,15-16H,1,6-7H2,2-3H3. The zero-order valence-electron chi connectivity index (χ0n) is 9.70. The second kappa shape index (κ2) is 5.63. The molecule has 1 heterocycles. The van der Waals surface area contributed by atoms with Gasteiger partial charge in [-0.25, -0.2) is 0 Å². The van der Waals surface area contributed by atoms with Gasteiger partial charge in [0.2, 0.25) is 0 Å². The molecule has 0 aliphatic rings. The van der Waals surface area contributed by atoms with Crippen LogP contribution in [0.1, 0.15) is 23.7 Å². The Kier molecular flexibility index (Phi) is 4.46. The molecule has 0 aromatic carbocycles. The van der Waals surface area contributed by atoms with E-state index in [2.05, 4.69) is 16.9 Å². The van der Waals surface area contributed by atoms with Crippen molar-refractivity contribution >= 4 is 0 Å². The maximum Gasteiger partial charge on any atom is 0.141 e. The summed E-state index contributed by atoms with van der Waals surface area (Å²) >= 11 is 0. The van der Waals surface area contributed by atoms with Crippen molar-refractivity contribution in [2.75, 3.05) is 0 Å². The zero-order valence-corrected chi connectivity index (χ0v) is 9.70. The van der Waals surface area contributed by atoms with Gasteiger partial charge in [0.1, 0.15) is 5.75 Å². The Hall–Kier alpha value is -1.39. The summed E-state index contributed by atoms with van der Waals surface area (Å²) in [7, 11) is 0. The summed E-state index contributed by atoms with van der Waals surface area (Å²) < 4.78 is 0. The van der Waals surface area contributed by atoms with E-state index in [0.717, 1.165) is 0 Å². The van der Waals surface area contributed by atoms with Crippen LogP contribution in [-0.2, 0) is 13.2 Å². The van der Waals surface area contributed by atoms with E-state index in [1.165, 1.54) is 0 Å². The summed E-state index contributed by atoms with van der Waals surface area (Å²) in [6.45, 7) is 7.73. The maximum atomic E-state index is 9.86. The van der Waals surface area contributed by atoms with Gasteiger partial charge in [0.25, 0.3) is 0 Å². The smallest absolute Gasteiger partial charge is 0.141 e. The van der Waals surface area contributed by atoms with Crippen LogP contribution in [0, 0.1) is 6.92 Å². The van der Waals surface area contributed by atoms with Crippen LogP contribution in [0.5, 0.6) is 5.75 Å². The Balaban J connectivity index is 2.92. The number of aliphatic hydroxyl groups is 1. The van der Waals surface area contributed by atoms with Crippen LogP contribution < -0.4 is 5.32 Å². The van der Waals surface area contributed by atoms with Gasteiger partial charge in [0, 0.05) is 29.9 Å². The number of nitrogens with zero attached hydrogens (tertiary/aromatic N) is 1. The molecule has 0 saturated carbocycles. The number of hydrogen-bond acceptors (Lipinski definition) is 4. The lowest BCUT2D eigenvalue weighted by atomic mass is 10.1. The van der Waals surface area contributed by atoms with E-state index >= 15 is 0 Å². The molecular weight excluding hydrogens is 204 g/mol. The highest BCUT2D eigenvalue weighted by molar-refractivity contribution is 5.40. The third kappa shape index (κ3) is 2.81. The van der Waals surface area contributed by atoms with Crippen molar-refractivity contribution in [2.24, 2.45) is 0 Å². The second-order valence-corrected chi connectivity index (χ2v) is 3.76. The first-order valence-electron chi connectivity index (χ1n) is 5.23. The lowest BCUT2D eigenvalue weighted by Crippen LogP contribution is -2.23. The number of aromatic hydroxyl groups is 1. The molecule has 4 heteroatoms. The Labute approximate surface area is 95.7 Å².